The van der Waals surface area contributed by atoms with E-state index < -0.39 is 23.6 Å². The molecular weight excluding hydrogens is 430 g/mol. The Morgan fingerprint density at radius 3 is 2.26 bits per heavy atom. The summed E-state index contributed by atoms with van der Waals surface area (Å²) in [7, 11) is 0. The molecular formula is C22H27ClF2N2O4. The normalized spacial score (nSPS) is 10.6. The number of nitrogens with zero attached hydrogens (tertiary/aromatic N) is 1. The van der Waals surface area contributed by atoms with Crippen LogP contribution in [0.4, 0.5) is 20.2 Å². The predicted molar refractivity (Wildman–Crippen MR) is 119 cm³/mol. The lowest BCUT2D eigenvalue weighted by molar-refractivity contribution is -0.0987. The molecule has 0 spiro atoms. The molecule has 0 saturated heterocycles. The highest BCUT2D eigenvalue weighted by atomic mass is 35.5. The number of aliphatic hydroxyl groups is 1. The van der Waals surface area contributed by atoms with Crippen LogP contribution in [0.2, 0.25) is 5.02 Å². The molecule has 0 saturated carbocycles. The Kier molecular flexibility index (Phi) is 13.7. The number of amides is 1. The van der Waals surface area contributed by atoms with Crippen LogP contribution in [0.3, 0.4) is 0 Å². The molecule has 0 radical (unpaired) electrons. The molecule has 0 aliphatic heterocycles. The van der Waals surface area contributed by atoms with Crippen LogP contribution in [0.15, 0.2) is 36.4 Å². The van der Waals surface area contributed by atoms with Gasteiger partial charge in [-0.15, -0.1) is 0 Å². The van der Waals surface area contributed by atoms with Crippen molar-refractivity contribution in [3.63, 3.8) is 0 Å². The fourth-order valence-electron chi connectivity index (χ4n) is 2.64. The lowest BCUT2D eigenvalue weighted by Crippen LogP contribution is -2.33. The Hall–Kier alpha value is -2.84. The summed E-state index contributed by atoms with van der Waals surface area (Å²) >= 11 is 5.72. The highest BCUT2D eigenvalue weighted by Crippen LogP contribution is 2.24. The minimum absolute atomic E-state index is 0.102. The first-order valence-corrected chi connectivity index (χ1v) is 9.80. The Labute approximate surface area is 185 Å². The largest absolute Gasteiger partial charge is 0.391 e. The number of carbonyl (C=O) groups is 3. The lowest BCUT2D eigenvalue weighted by atomic mass is 10.1. The van der Waals surface area contributed by atoms with Gasteiger partial charge in [0.25, 0.3) is 5.91 Å². The summed E-state index contributed by atoms with van der Waals surface area (Å²) in [4.78, 5) is 30.2. The molecule has 31 heavy (non-hydrogen) atoms. The van der Waals surface area contributed by atoms with Crippen LogP contribution in [-0.2, 0) is 9.59 Å². The van der Waals surface area contributed by atoms with E-state index in [1.807, 2.05) is 27.4 Å². The number of hydrogen-bond donors (Lipinski definition) is 2. The molecule has 1 atom stereocenters. The van der Waals surface area contributed by atoms with Gasteiger partial charge in [-0.05, 0) is 49.2 Å². The van der Waals surface area contributed by atoms with Crippen LogP contribution in [0, 0.1) is 11.6 Å². The Balaban J connectivity index is 0.00000212. The standard InChI is InChI=1S/C20H23ClF2N2O2.2CH2O/c1-3-9-25(12-15(26)4-2)19-10-13(5-7-18(19)23)20(27)24-14-6-8-17(22)16(21)11-14;2*1-2/h5-8,10-11,15,26H,3-4,9,12H2,1-2H3,(H,24,27);2*1H2. The van der Waals surface area contributed by atoms with E-state index in [4.69, 9.17) is 21.2 Å². The fourth-order valence-corrected chi connectivity index (χ4v) is 2.82. The van der Waals surface area contributed by atoms with Crippen molar-refractivity contribution in [3.8, 4) is 0 Å². The maximum Gasteiger partial charge on any atom is 0.255 e. The van der Waals surface area contributed by atoms with Crippen molar-refractivity contribution in [1.82, 2.24) is 0 Å². The SMILES string of the molecule is C=O.C=O.CCCN(CC(O)CC)c1cc(C(=O)Nc2ccc(F)c(Cl)c2)ccc1F. The van der Waals surface area contributed by atoms with Gasteiger partial charge in [-0.2, -0.15) is 0 Å². The molecule has 2 N–H and O–H groups in total. The van der Waals surface area contributed by atoms with E-state index in [9.17, 15) is 18.7 Å². The van der Waals surface area contributed by atoms with E-state index in [-0.39, 0.29) is 22.8 Å². The number of hydrogen-bond acceptors (Lipinski definition) is 5. The number of nitrogens with one attached hydrogen (secondary N) is 1. The second-order valence-corrected chi connectivity index (χ2v) is 6.66. The van der Waals surface area contributed by atoms with Crippen molar-refractivity contribution < 1.29 is 28.3 Å². The summed E-state index contributed by atoms with van der Waals surface area (Å²) in [6.07, 6.45) is 0.725. The van der Waals surface area contributed by atoms with Gasteiger partial charge in [0.1, 0.15) is 25.2 Å². The second-order valence-electron chi connectivity index (χ2n) is 6.26. The molecule has 0 aliphatic carbocycles. The van der Waals surface area contributed by atoms with Gasteiger partial charge in [-0.3, -0.25) is 4.79 Å². The molecule has 0 fully saturated rings. The molecule has 0 aliphatic rings. The van der Waals surface area contributed by atoms with Crippen LogP contribution < -0.4 is 10.2 Å². The first-order chi connectivity index (χ1) is 14.8. The van der Waals surface area contributed by atoms with Crippen LogP contribution in [0.1, 0.15) is 37.0 Å². The fraction of sp³-hybridized carbons (Fsp3) is 0.318. The quantitative estimate of drug-likeness (QED) is 0.611. The zero-order valence-corrected chi connectivity index (χ0v) is 18.3. The van der Waals surface area contributed by atoms with E-state index in [0.717, 1.165) is 12.5 Å². The van der Waals surface area contributed by atoms with Gasteiger partial charge in [0.15, 0.2) is 0 Å². The Bertz CT molecular complexity index is 837. The van der Waals surface area contributed by atoms with E-state index in [1.165, 1.54) is 30.3 Å². The minimum atomic E-state index is -0.588. The molecule has 170 valence electrons. The molecule has 9 heteroatoms. The highest BCUT2D eigenvalue weighted by Gasteiger charge is 2.17. The molecule has 0 aromatic heterocycles. The second kappa shape index (κ2) is 15.0. The van der Waals surface area contributed by atoms with Crippen molar-refractivity contribution in [1.29, 1.82) is 0 Å². The summed E-state index contributed by atoms with van der Waals surface area (Å²) < 4.78 is 27.6. The van der Waals surface area contributed by atoms with Gasteiger partial charge in [0, 0.05) is 24.3 Å². The topological polar surface area (TPSA) is 86.7 Å². The number of halogens is 3. The summed E-state index contributed by atoms with van der Waals surface area (Å²) in [6, 6.07) is 7.91. The minimum Gasteiger partial charge on any atom is -0.391 e. The van der Waals surface area contributed by atoms with Crippen LogP contribution in [-0.4, -0.2) is 43.8 Å². The third-order valence-corrected chi connectivity index (χ3v) is 4.41. The molecule has 6 nitrogen and oxygen atoms in total. The van der Waals surface area contributed by atoms with E-state index >= 15 is 0 Å². The van der Waals surface area contributed by atoms with Crippen molar-refractivity contribution in [3.05, 3.63) is 58.6 Å². The summed E-state index contributed by atoms with van der Waals surface area (Å²) in [5, 5.41) is 12.5. The van der Waals surface area contributed by atoms with Gasteiger partial charge in [0.2, 0.25) is 0 Å². The van der Waals surface area contributed by atoms with Crippen LogP contribution in [0.5, 0.6) is 0 Å². The van der Waals surface area contributed by atoms with Gasteiger partial charge in [0.05, 0.1) is 16.8 Å². The van der Waals surface area contributed by atoms with E-state index in [2.05, 4.69) is 5.32 Å². The van der Waals surface area contributed by atoms with Crippen LogP contribution >= 0.6 is 11.6 Å². The number of anilines is 2. The van der Waals surface area contributed by atoms with Crippen LogP contribution in [0.25, 0.3) is 0 Å². The number of rotatable bonds is 8. The average Bonchev–Trinajstić information content (AvgIpc) is 2.79. The van der Waals surface area contributed by atoms with E-state index in [1.54, 1.807) is 4.90 Å². The third kappa shape index (κ3) is 8.82. The number of carbonyl (C=O) groups excluding carboxylic acids is 3. The van der Waals surface area contributed by atoms with Crippen molar-refractivity contribution in [2.45, 2.75) is 32.8 Å². The molecule has 2 aromatic rings. The van der Waals surface area contributed by atoms with Gasteiger partial charge in [-0.25, -0.2) is 8.78 Å². The zero-order valence-electron chi connectivity index (χ0n) is 17.5. The molecule has 1 amide bonds. The highest BCUT2D eigenvalue weighted by molar-refractivity contribution is 6.31. The monoisotopic (exact) mass is 456 g/mol. The van der Waals surface area contributed by atoms with E-state index in [0.29, 0.717) is 18.7 Å². The maximum absolute atomic E-state index is 14.4. The molecule has 0 heterocycles. The number of aliphatic hydroxyl groups excluding tert-OH is 1. The summed E-state index contributed by atoms with van der Waals surface area (Å²) in [6.45, 7) is 8.63. The van der Waals surface area contributed by atoms with Gasteiger partial charge in [-0.1, -0.05) is 25.4 Å². The Morgan fingerprint density at radius 1 is 1.10 bits per heavy atom. The third-order valence-electron chi connectivity index (χ3n) is 4.12. The van der Waals surface area contributed by atoms with Gasteiger partial charge >= 0.3 is 0 Å². The average molecular weight is 457 g/mol. The van der Waals surface area contributed by atoms with Crippen molar-refractivity contribution >= 4 is 42.5 Å². The first-order valence-electron chi connectivity index (χ1n) is 9.42. The smallest absolute Gasteiger partial charge is 0.255 e. The van der Waals surface area contributed by atoms with Crippen molar-refractivity contribution in [2.75, 3.05) is 23.3 Å². The molecule has 1 unspecified atom stereocenters. The van der Waals surface area contributed by atoms with Crippen molar-refractivity contribution in [2.24, 2.45) is 0 Å². The molecule has 2 rings (SSSR count). The summed E-state index contributed by atoms with van der Waals surface area (Å²) in [5.74, 6) is -1.51. The number of benzene rings is 2. The maximum atomic E-state index is 14.4. The van der Waals surface area contributed by atoms with Gasteiger partial charge < -0.3 is 24.9 Å². The summed E-state index contributed by atoms with van der Waals surface area (Å²) in [5.41, 5.74) is 0.845. The molecule has 2 aromatic carbocycles. The predicted octanol–water partition coefficient (Wildman–Crippen LogP) is 4.49. The first kappa shape index (κ1) is 28.2. The zero-order chi connectivity index (χ0) is 24.0. The Morgan fingerprint density at radius 2 is 1.71 bits per heavy atom. The molecule has 0 bridgehead atoms. The lowest BCUT2D eigenvalue weighted by Gasteiger charge is -2.27.